The Morgan fingerprint density at radius 3 is 2.55 bits per heavy atom. The van der Waals surface area contributed by atoms with Crippen LogP contribution < -0.4 is 4.74 Å². The monoisotopic (exact) mass is 294 g/mol. The maximum Gasteiger partial charge on any atom is 0.261 e. The van der Waals surface area contributed by atoms with Gasteiger partial charge in [-0.2, -0.15) is 4.98 Å². The number of nitrogens with zero attached hydrogens (tertiary/aromatic N) is 2. The van der Waals surface area contributed by atoms with Crippen molar-refractivity contribution in [2.24, 2.45) is 0 Å². The van der Waals surface area contributed by atoms with Crippen molar-refractivity contribution in [1.29, 1.82) is 0 Å². The highest BCUT2D eigenvalue weighted by atomic mass is 16.5. The van der Waals surface area contributed by atoms with Crippen molar-refractivity contribution < 1.29 is 14.4 Å². The van der Waals surface area contributed by atoms with Gasteiger partial charge in [-0.25, -0.2) is 0 Å². The molecule has 0 spiro atoms. The molecule has 110 valence electrons. The van der Waals surface area contributed by atoms with Crippen LogP contribution in [0.1, 0.15) is 11.4 Å². The second-order valence-electron chi connectivity index (χ2n) is 4.58. The fourth-order valence-electron chi connectivity index (χ4n) is 1.95. The number of rotatable bonds is 4. The first-order chi connectivity index (χ1) is 10.8. The molecule has 0 radical (unpaired) electrons. The van der Waals surface area contributed by atoms with E-state index in [2.05, 4.69) is 10.1 Å². The van der Waals surface area contributed by atoms with Gasteiger partial charge in [-0.1, -0.05) is 35.5 Å². The van der Waals surface area contributed by atoms with Crippen LogP contribution in [0.15, 0.2) is 53.1 Å². The van der Waals surface area contributed by atoms with Gasteiger partial charge >= 0.3 is 0 Å². The molecule has 0 fully saturated rings. The second-order valence-corrected chi connectivity index (χ2v) is 4.58. The lowest BCUT2D eigenvalue weighted by atomic mass is 10.2. The van der Waals surface area contributed by atoms with Gasteiger partial charge in [-0.3, -0.25) is 0 Å². The van der Waals surface area contributed by atoms with E-state index in [1.54, 1.807) is 37.5 Å². The first-order valence-electron chi connectivity index (χ1n) is 6.70. The molecule has 5 heteroatoms. The van der Waals surface area contributed by atoms with Crippen molar-refractivity contribution in [1.82, 2.24) is 10.1 Å². The van der Waals surface area contributed by atoms with E-state index in [9.17, 15) is 5.11 Å². The zero-order valence-electron chi connectivity index (χ0n) is 11.9. The Kier molecular flexibility index (Phi) is 3.87. The third-order valence-corrected chi connectivity index (χ3v) is 3.12. The van der Waals surface area contributed by atoms with Crippen molar-refractivity contribution in [3.8, 4) is 23.0 Å². The van der Waals surface area contributed by atoms with Crippen LogP contribution in [-0.4, -0.2) is 22.4 Å². The Labute approximate surface area is 127 Å². The molecule has 3 rings (SSSR count). The van der Waals surface area contributed by atoms with Crippen LogP contribution in [0, 0.1) is 0 Å². The number of phenolic OH excluding ortho intramolecular Hbond substituents is 1. The van der Waals surface area contributed by atoms with E-state index in [0.717, 1.165) is 11.3 Å². The molecular formula is C17H14N2O3. The molecule has 0 aliphatic heterocycles. The third-order valence-electron chi connectivity index (χ3n) is 3.12. The summed E-state index contributed by atoms with van der Waals surface area (Å²) in [4.78, 5) is 4.24. The molecule has 0 aliphatic rings. The lowest BCUT2D eigenvalue weighted by Crippen LogP contribution is -1.81. The number of aromatic nitrogens is 2. The van der Waals surface area contributed by atoms with E-state index in [1.165, 1.54) is 0 Å². The number of ether oxygens (including phenoxy) is 1. The van der Waals surface area contributed by atoms with Crippen molar-refractivity contribution in [3.05, 3.63) is 59.9 Å². The molecule has 0 saturated carbocycles. The summed E-state index contributed by atoms with van der Waals surface area (Å²) in [5.41, 5.74) is 1.51. The minimum Gasteiger partial charge on any atom is -0.507 e. The first kappa shape index (κ1) is 13.9. The quantitative estimate of drug-likeness (QED) is 0.796. The Morgan fingerprint density at radius 2 is 1.82 bits per heavy atom. The van der Waals surface area contributed by atoms with E-state index < -0.39 is 0 Å². The Hall–Kier alpha value is -3.08. The maximum atomic E-state index is 9.77. The average molecular weight is 294 g/mol. The number of aromatic hydroxyl groups is 1. The van der Waals surface area contributed by atoms with Crippen LogP contribution in [0.25, 0.3) is 23.6 Å². The van der Waals surface area contributed by atoms with Crippen molar-refractivity contribution in [2.75, 3.05) is 7.11 Å². The zero-order valence-corrected chi connectivity index (χ0v) is 11.9. The Morgan fingerprint density at radius 1 is 1.05 bits per heavy atom. The number of para-hydroxylation sites is 1. The van der Waals surface area contributed by atoms with Gasteiger partial charge in [0.15, 0.2) is 5.82 Å². The van der Waals surface area contributed by atoms with E-state index >= 15 is 0 Å². The molecule has 22 heavy (non-hydrogen) atoms. The second kappa shape index (κ2) is 6.13. The molecule has 0 aliphatic carbocycles. The highest BCUT2D eigenvalue weighted by molar-refractivity contribution is 5.68. The maximum absolute atomic E-state index is 9.77. The van der Waals surface area contributed by atoms with Gasteiger partial charge in [0.2, 0.25) is 0 Å². The fourth-order valence-corrected chi connectivity index (χ4v) is 1.95. The van der Waals surface area contributed by atoms with Crippen molar-refractivity contribution >= 4 is 12.2 Å². The van der Waals surface area contributed by atoms with Crippen LogP contribution in [0.2, 0.25) is 0 Å². The normalized spacial score (nSPS) is 11.0. The molecule has 0 atom stereocenters. The van der Waals surface area contributed by atoms with Gasteiger partial charge in [-0.05, 0) is 35.9 Å². The van der Waals surface area contributed by atoms with E-state index in [0.29, 0.717) is 11.4 Å². The van der Waals surface area contributed by atoms with Gasteiger partial charge in [0.1, 0.15) is 11.5 Å². The minimum atomic E-state index is 0.108. The van der Waals surface area contributed by atoms with Crippen LogP contribution in [0.5, 0.6) is 11.5 Å². The Balaban J connectivity index is 1.79. The molecule has 5 nitrogen and oxygen atoms in total. The number of phenols is 1. The van der Waals surface area contributed by atoms with Gasteiger partial charge in [0.25, 0.3) is 5.89 Å². The lowest BCUT2D eigenvalue weighted by Gasteiger charge is -1.98. The zero-order chi connectivity index (χ0) is 15.4. The summed E-state index contributed by atoms with van der Waals surface area (Å²) in [6.07, 6.45) is 3.62. The molecule has 0 saturated heterocycles. The fraction of sp³-hybridized carbons (Fsp3) is 0.0588. The molecule has 0 unspecified atom stereocenters. The predicted octanol–water partition coefficient (Wildman–Crippen LogP) is 3.62. The minimum absolute atomic E-state index is 0.108. The molecular weight excluding hydrogens is 280 g/mol. The van der Waals surface area contributed by atoms with Crippen molar-refractivity contribution in [3.63, 3.8) is 0 Å². The van der Waals surface area contributed by atoms with Crippen LogP contribution in [0.3, 0.4) is 0 Å². The summed E-state index contributed by atoms with van der Waals surface area (Å²) >= 11 is 0. The first-order valence-corrected chi connectivity index (χ1v) is 6.70. The number of hydrogen-bond acceptors (Lipinski definition) is 5. The molecule has 0 amide bonds. The molecule has 1 heterocycles. The highest BCUT2D eigenvalue weighted by Gasteiger charge is 2.10. The molecule has 0 bridgehead atoms. The van der Waals surface area contributed by atoms with Gasteiger partial charge in [0, 0.05) is 0 Å². The predicted molar refractivity (Wildman–Crippen MR) is 83.3 cm³/mol. The smallest absolute Gasteiger partial charge is 0.261 e. The average Bonchev–Trinajstić information content (AvgIpc) is 3.02. The molecule has 2 aromatic carbocycles. The van der Waals surface area contributed by atoms with E-state index in [-0.39, 0.29) is 11.6 Å². The Bertz CT molecular complexity index is 792. The van der Waals surface area contributed by atoms with Crippen LogP contribution >= 0.6 is 0 Å². The van der Waals surface area contributed by atoms with Gasteiger partial charge in [0.05, 0.1) is 12.7 Å². The summed E-state index contributed by atoms with van der Waals surface area (Å²) in [7, 11) is 1.63. The number of benzene rings is 2. The largest absolute Gasteiger partial charge is 0.507 e. The molecule has 1 aromatic heterocycles. The number of methoxy groups -OCH3 is 1. The standard InChI is InChI=1S/C17H14N2O3/c1-21-13-9-6-12(7-10-13)8-11-16-18-17(22-19-16)14-4-2-3-5-15(14)20/h2-11,20H,1H3/b11-8-. The van der Waals surface area contributed by atoms with Crippen LogP contribution in [0.4, 0.5) is 0 Å². The summed E-state index contributed by atoms with van der Waals surface area (Å²) < 4.78 is 10.3. The summed E-state index contributed by atoms with van der Waals surface area (Å²) in [5.74, 6) is 1.64. The summed E-state index contributed by atoms with van der Waals surface area (Å²) in [6.45, 7) is 0. The van der Waals surface area contributed by atoms with Gasteiger partial charge in [-0.15, -0.1) is 0 Å². The summed E-state index contributed by atoms with van der Waals surface area (Å²) in [5, 5.41) is 13.6. The lowest BCUT2D eigenvalue weighted by molar-refractivity contribution is 0.415. The third kappa shape index (κ3) is 2.98. The topological polar surface area (TPSA) is 68.4 Å². The van der Waals surface area contributed by atoms with E-state index in [1.807, 2.05) is 30.3 Å². The summed E-state index contributed by atoms with van der Waals surface area (Å²) in [6, 6.07) is 14.4. The van der Waals surface area contributed by atoms with Crippen molar-refractivity contribution in [2.45, 2.75) is 0 Å². The SMILES string of the molecule is COc1ccc(/C=C\c2noc(-c3ccccc3O)n2)cc1. The highest BCUT2D eigenvalue weighted by Crippen LogP contribution is 2.27. The van der Waals surface area contributed by atoms with E-state index in [4.69, 9.17) is 9.26 Å². The van der Waals surface area contributed by atoms with Gasteiger partial charge < -0.3 is 14.4 Å². The van der Waals surface area contributed by atoms with Crippen LogP contribution in [-0.2, 0) is 0 Å². The number of hydrogen-bond donors (Lipinski definition) is 1. The molecule has 1 N–H and O–H groups in total. The molecule has 3 aromatic rings.